The van der Waals surface area contributed by atoms with Gasteiger partial charge in [-0.25, -0.2) is 0 Å². The SMILES string of the molecule is Cc1ccsc1C1C(C(=O)c2cc3cc(Cl)ccc3o2)=C(O)C(=O)N1Cc1cccnc1. The van der Waals surface area contributed by atoms with E-state index in [1.165, 1.54) is 16.2 Å². The van der Waals surface area contributed by atoms with E-state index in [1.54, 1.807) is 42.7 Å². The minimum Gasteiger partial charge on any atom is -0.503 e. The van der Waals surface area contributed by atoms with Gasteiger partial charge in [-0.2, -0.15) is 0 Å². The molecule has 1 aromatic carbocycles. The molecule has 1 amide bonds. The van der Waals surface area contributed by atoms with Crippen LogP contribution in [0.2, 0.25) is 5.02 Å². The standard InChI is InChI=1S/C24H17ClN2O4S/c1-13-6-8-32-23(13)20-19(21(28)18-10-15-9-16(25)4-5-17(15)31-18)22(29)24(30)27(20)12-14-3-2-7-26-11-14/h2-11,20,29H,12H2,1H3. The van der Waals surface area contributed by atoms with Gasteiger partial charge in [-0.3, -0.25) is 14.6 Å². The van der Waals surface area contributed by atoms with Crippen LogP contribution in [0.25, 0.3) is 11.0 Å². The Morgan fingerprint density at radius 1 is 1.28 bits per heavy atom. The van der Waals surface area contributed by atoms with Gasteiger partial charge in [0, 0.05) is 34.2 Å². The maximum Gasteiger partial charge on any atom is 0.290 e. The van der Waals surface area contributed by atoms with Crippen molar-refractivity contribution in [1.82, 2.24) is 9.88 Å². The largest absolute Gasteiger partial charge is 0.503 e. The van der Waals surface area contributed by atoms with Crippen molar-refractivity contribution in [3.8, 4) is 0 Å². The molecule has 8 heteroatoms. The second-order valence-electron chi connectivity index (χ2n) is 7.55. The molecule has 0 fully saturated rings. The van der Waals surface area contributed by atoms with E-state index in [0.29, 0.717) is 16.0 Å². The van der Waals surface area contributed by atoms with Crippen molar-refractivity contribution in [1.29, 1.82) is 0 Å². The third-order valence-electron chi connectivity index (χ3n) is 5.48. The molecule has 6 nitrogen and oxygen atoms in total. The molecule has 0 saturated carbocycles. The number of Topliss-reactive ketones (excluding diaryl/α,β-unsaturated/α-hetero) is 1. The number of rotatable bonds is 5. The fourth-order valence-electron chi connectivity index (χ4n) is 3.93. The summed E-state index contributed by atoms with van der Waals surface area (Å²) in [6.45, 7) is 2.12. The lowest BCUT2D eigenvalue weighted by Gasteiger charge is -2.26. The van der Waals surface area contributed by atoms with Crippen molar-refractivity contribution in [2.24, 2.45) is 0 Å². The van der Waals surface area contributed by atoms with E-state index in [9.17, 15) is 14.7 Å². The Kier molecular flexibility index (Phi) is 5.07. The smallest absolute Gasteiger partial charge is 0.290 e. The number of aliphatic hydroxyl groups excluding tert-OH is 1. The normalized spacial score (nSPS) is 16.4. The molecule has 0 radical (unpaired) electrons. The Morgan fingerprint density at radius 3 is 2.84 bits per heavy atom. The van der Waals surface area contributed by atoms with Crippen molar-refractivity contribution in [2.75, 3.05) is 0 Å². The quantitative estimate of drug-likeness (QED) is 0.387. The van der Waals surface area contributed by atoms with Gasteiger partial charge in [0.2, 0.25) is 5.78 Å². The fourth-order valence-corrected chi connectivity index (χ4v) is 5.16. The summed E-state index contributed by atoms with van der Waals surface area (Å²) >= 11 is 7.48. The molecular weight excluding hydrogens is 448 g/mol. The summed E-state index contributed by atoms with van der Waals surface area (Å²) in [5.74, 6) is -1.65. The van der Waals surface area contributed by atoms with E-state index >= 15 is 0 Å². The molecule has 4 aromatic rings. The Bertz CT molecular complexity index is 1390. The van der Waals surface area contributed by atoms with Crippen molar-refractivity contribution >= 4 is 45.6 Å². The predicted octanol–water partition coefficient (Wildman–Crippen LogP) is 5.63. The zero-order chi connectivity index (χ0) is 22.4. The highest BCUT2D eigenvalue weighted by molar-refractivity contribution is 7.10. The van der Waals surface area contributed by atoms with Gasteiger partial charge in [-0.05, 0) is 59.8 Å². The Hall–Kier alpha value is -3.42. The van der Waals surface area contributed by atoms with Crippen LogP contribution >= 0.6 is 22.9 Å². The third-order valence-corrected chi connectivity index (χ3v) is 6.78. The van der Waals surface area contributed by atoms with Crippen LogP contribution in [-0.2, 0) is 11.3 Å². The average Bonchev–Trinajstić information content (AvgIpc) is 3.46. The zero-order valence-electron chi connectivity index (χ0n) is 16.9. The zero-order valence-corrected chi connectivity index (χ0v) is 18.5. The number of hydrogen-bond donors (Lipinski definition) is 1. The molecule has 1 atom stereocenters. The predicted molar refractivity (Wildman–Crippen MR) is 122 cm³/mol. The van der Waals surface area contributed by atoms with Gasteiger partial charge in [0.1, 0.15) is 11.6 Å². The van der Waals surface area contributed by atoms with Crippen molar-refractivity contribution in [3.05, 3.63) is 98.4 Å². The summed E-state index contributed by atoms with van der Waals surface area (Å²) in [6.07, 6.45) is 3.31. The van der Waals surface area contributed by atoms with Crippen LogP contribution in [0.4, 0.5) is 0 Å². The minimum absolute atomic E-state index is 0.00888. The van der Waals surface area contributed by atoms with Crippen LogP contribution in [-0.4, -0.2) is 26.7 Å². The van der Waals surface area contributed by atoms with Crippen LogP contribution < -0.4 is 0 Å². The van der Waals surface area contributed by atoms with E-state index < -0.39 is 23.5 Å². The third kappa shape index (κ3) is 3.39. The summed E-state index contributed by atoms with van der Waals surface area (Å²) in [6, 6.07) is 11.4. The van der Waals surface area contributed by atoms with Crippen LogP contribution in [0.3, 0.4) is 0 Å². The minimum atomic E-state index is -0.730. The summed E-state index contributed by atoms with van der Waals surface area (Å²) in [7, 11) is 0. The molecule has 0 aliphatic carbocycles. The topological polar surface area (TPSA) is 83.6 Å². The Labute approximate surface area is 192 Å². The summed E-state index contributed by atoms with van der Waals surface area (Å²) < 4.78 is 5.74. The number of carbonyl (C=O) groups is 2. The highest BCUT2D eigenvalue weighted by Crippen LogP contribution is 2.43. The van der Waals surface area contributed by atoms with Crippen molar-refractivity contribution in [3.63, 3.8) is 0 Å². The number of furan rings is 1. The number of nitrogens with zero attached hydrogens (tertiary/aromatic N) is 2. The number of aliphatic hydroxyl groups is 1. The number of aryl methyl sites for hydroxylation is 1. The van der Waals surface area contributed by atoms with Crippen molar-refractivity contribution < 1.29 is 19.1 Å². The van der Waals surface area contributed by atoms with Gasteiger partial charge in [-0.1, -0.05) is 17.7 Å². The summed E-state index contributed by atoms with van der Waals surface area (Å²) in [5, 5.41) is 13.9. The van der Waals surface area contributed by atoms with Crippen molar-refractivity contribution in [2.45, 2.75) is 19.5 Å². The second-order valence-corrected chi connectivity index (χ2v) is 8.93. The van der Waals surface area contributed by atoms with Crippen LogP contribution in [0, 0.1) is 6.92 Å². The lowest BCUT2D eigenvalue weighted by molar-refractivity contribution is -0.130. The molecule has 1 N–H and O–H groups in total. The second kappa shape index (κ2) is 7.93. The number of carbonyl (C=O) groups excluding carboxylic acids is 2. The van der Waals surface area contributed by atoms with Crippen LogP contribution in [0.5, 0.6) is 0 Å². The maximum atomic E-state index is 13.5. The molecule has 0 bridgehead atoms. The van der Waals surface area contributed by atoms with E-state index in [-0.39, 0.29) is 17.9 Å². The number of halogens is 1. The molecule has 1 unspecified atom stereocenters. The number of thiophene rings is 1. The van der Waals surface area contributed by atoms with E-state index in [4.69, 9.17) is 16.0 Å². The average molecular weight is 465 g/mol. The van der Waals surface area contributed by atoms with Gasteiger partial charge in [0.05, 0.1) is 5.57 Å². The molecular formula is C24H17ClN2O4S. The Balaban J connectivity index is 1.60. The monoisotopic (exact) mass is 464 g/mol. The molecule has 32 heavy (non-hydrogen) atoms. The molecule has 3 aromatic heterocycles. The number of amides is 1. The lowest BCUT2D eigenvalue weighted by atomic mass is 9.98. The van der Waals surface area contributed by atoms with E-state index in [0.717, 1.165) is 16.0 Å². The number of hydrogen-bond acceptors (Lipinski definition) is 6. The molecule has 1 aliphatic heterocycles. The first-order valence-electron chi connectivity index (χ1n) is 9.85. The maximum absolute atomic E-state index is 13.5. The molecule has 1 aliphatic rings. The molecule has 4 heterocycles. The number of benzene rings is 1. The highest BCUT2D eigenvalue weighted by Gasteiger charge is 2.45. The molecule has 0 spiro atoms. The van der Waals surface area contributed by atoms with Crippen LogP contribution in [0.1, 0.15) is 32.6 Å². The number of ketones is 1. The highest BCUT2D eigenvalue weighted by atomic mass is 35.5. The van der Waals surface area contributed by atoms with Crippen LogP contribution in [0.15, 0.2) is 76.0 Å². The molecule has 160 valence electrons. The van der Waals surface area contributed by atoms with Gasteiger partial charge in [0.25, 0.3) is 5.91 Å². The molecule has 0 saturated heterocycles. The van der Waals surface area contributed by atoms with Gasteiger partial charge < -0.3 is 14.4 Å². The first-order chi connectivity index (χ1) is 15.4. The number of pyridine rings is 1. The first kappa shape index (κ1) is 20.5. The van der Waals surface area contributed by atoms with Gasteiger partial charge in [-0.15, -0.1) is 11.3 Å². The fraction of sp³-hybridized carbons (Fsp3) is 0.125. The summed E-state index contributed by atoms with van der Waals surface area (Å²) in [5.41, 5.74) is 2.23. The van der Waals surface area contributed by atoms with E-state index in [1.807, 2.05) is 24.4 Å². The molecule has 5 rings (SSSR count). The van der Waals surface area contributed by atoms with E-state index in [2.05, 4.69) is 4.98 Å². The number of aromatic nitrogens is 1. The van der Waals surface area contributed by atoms with Gasteiger partial charge in [0.15, 0.2) is 11.5 Å². The summed E-state index contributed by atoms with van der Waals surface area (Å²) in [4.78, 5) is 33.0. The number of fused-ring (bicyclic) bond motifs is 1. The Morgan fingerprint density at radius 2 is 2.12 bits per heavy atom. The lowest BCUT2D eigenvalue weighted by Crippen LogP contribution is -2.30. The first-order valence-corrected chi connectivity index (χ1v) is 11.1. The van der Waals surface area contributed by atoms with Gasteiger partial charge >= 0.3 is 0 Å².